The van der Waals surface area contributed by atoms with E-state index in [1.807, 2.05) is 42.8 Å². The number of nitrogens with one attached hydrogen (secondary N) is 2. The van der Waals surface area contributed by atoms with Gasteiger partial charge in [-0.05, 0) is 26.0 Å². The van der Waals surface area contributed by atoms with Gasteiger partial charge in [0.1, 0.15) is 12.1 Å². The highest BCUT2D eigenvalue weighted by Gasteiger charge is 2.09. The summed E-state index contributed by atoms with van der Waals surface area (Å²) in [7, 11) is 3.66. The molecule has 0 amide bonds. The molecule has 0 aliphatic carbocycles. The van der Waals surface area contributed by atoms with Crippen LogP contribution in [0.3, 0.4) is 0 Å². The lowest BCUT2D eigenvalue weighted by molar-refractivity contribution is 0.572. The number of hydrogen-bond acceptors (Lipinski definition) is 5. The zero-order valence-electron chi connectivity index (χ0n) is 15.9. The van der Waals surface area contributed by atoms with E-state index in [1.54, 1.807) is 13.3 Å². The molecule has 0 bridgehead atoms. The Morgan fingerprint density at radius 2 is 1.81 bits per heavy atom. The normalized spacial score (nSPS) is 11.2. The first-order valence-corrected chi connectivity index (χ1v) is 8.37. The molecule has 0 saturated carbocycles. The second-order valence-electron chi connectivity index (χ2n) is 6.01. The Kier molecular flexibility index (Phi) is 7.34. The Balaban J connectivity index is 0.00000261. The van der Waals surface area contributed by atoms with E-state index in [0.717, 1.165) is 22.9 Å². The number of rotatable bonds is 5. The van der Waals surface area contributed by atoms with Gasteiger partial charge < -0.3 is 19.6 Å². The molecular formula is C18H24IN7O. The summed E-state index contributed by atoms with van der Waals surface area (Å²) in [6.45, 7) is 5.01. The number of aromatic nitrogens is 4. The summed E-state index contributed by atoms with van der Waals surface area (Å²) in [4.78, 5) is 8.72. The van der Waals surface area contributed by atoms with E-state index in [4.69, 9.17) is 4.42 Å². The van der Waals surface area contributed by atoms with Crippen LogP contribution in [0, 0.1) is 13.8 Å². The van der Waals surface area contributed by atoms with E-state index >= 15 is 0 Å². The van der Waals surface area contributed by atoms with Crippen LogP contribution >= 0.6 is 24.0 Å². The van der Waals surface area contributed by atoms with Gasteiger partial charge in [-0.3, -0.25) is 4.99 Å². The maximum absolute atomic E-state index is 5.57. The molecule has 0 saturated heterocycles. The molecule has 0 atom stereocenters. The molecule has 0 fully saturated rings. The van der Waals surface area contributed by atoms with Crippen LogP contribution in [0.5, 0.6) is 0 Å². The highest BCUT2D eigenvalue weighted by molar-refractivity contribution is 14.0. The summed E-state index contributed by atoms with van der Waals surface area (Å²) in [6, 6.07) is 8.08. The van der Waals surface area contributed by atoms with Crippen molar-refractivity contribution in [2.24, 2.45) is 12.0 Å². The molecule has 0 aliphatic rings. The van der Waals surface area contributed by atoms with Crippen LogP contribution in [0.2, 0.25) is 0 Å². The Morgan fingerprint density at radius 1 is 1.11 bits per heavy atom. The van der Waals surface area contributed by atoms with Crippen molar-refractivity contribution in [3.63, 3.8) is 0 Å². The number of guanidine groups is 1. The highest BCUT2D eigenvalue weighted by atomic mass is 127. The number of aryl methyl sites for hydroxylation is 2. The van der Waals surface area contributed by atoms with Crippen LogP contribution in [-0.2, 0) is 20.1 Å². The van der Waals surface area contributed by atoms with E-state index in [-0.39, 0.29) is 24.0 Å². The molecule has 1 aromatic carbocycles. The molecule has 144 valence electrons. The Bertz CT molecular complexity index is 899. The predicted octanol–water partition coefficient (Wildman–Crippen LogP) is 2.57. The molecule has 2 heterocycles. The molecule has 9 heteroatoms. The van der Waals surface area contributed by atoms with Gasteiger partial charge in [0, 0.05) is 19.7 Å². The molecular weight excluding hydrogens is 457 g/mol. The van der Waals surface area contributed by atoms with Crippen LogP contribution in [0.15, 0.2) is 39.9 Å². The maximum Gasteiger partial charge on any atom is 0.226 e. The number of hydrogen-bond donors (Lipinski definition) is 2. The van der Waals surface area contributed by atoms with Gasteiger partial charge >= 0.3 is 0 Å². The topological polar surface area (TPSA) is 93.2 Å². The van der Waals surface area contributed by atoms with Crippen molar-refractivity contribution in [1.29, 1.82) is 0 Å². The van der Waals surface area contributed by atoms with Gasteiger partial charge in [-0.2, -0.15) is 0 Å². The Labute approximate surface area is 175 Å². The predicted molar refractivity (Wildman–Crippen MR) is 115 cm³/mol. The van der Waals surface area contributed by atoms with Gasteiger partial charge in [-0.15, -0.1) is 34.2 Å². The third-order valence-electron chi connectivity index (χ3n) is 4.11. The van der Waals surface area contributed by atoms with E-state index in [2.05, 4.69) is 37.7 Å². The summed E-state index contributed by atoms with van der Waals surface area (Å²) in [5.41, 5.74) is 2.97. The molecule has 2 N–H and O–H groups in total. The van der Waals surface area contributed by atoms with E-state index in [0.29, 0.717) is 24.9 Å². The minimum atomic E-state index is 0. The molecule has 3 rings (SSSR count). The lowest BCUT2D eigenvalue weighted by Gasteiger charge is -2.10. The van der Waals surface area contributed by atoms with Crippen molar-refractivity contribution in [1.82, 2.24) is 30.4 Å². The van der Waals surface area contributed by atoms with Crippen molar-refractivity contribution in [3.8, 4) is 11.5 Å². The average Bonchev–Trinajstić information content (AvgIpc) is 3.24. The van der Waals surface area contributed by atoms with Crippen LogP contribution in [0.1, 0.15) is 22.9 Å². The molecule has 0 radical (unpaired) electrons. The van der Waals surface area contributed by atoms with Crippen LogP contribution in [0.4, 0.5) is 0 Å². The van der Waals surface area contributed by atoms with Gasteiger partial charge in [-0.25, -0.2) is 4.98 Å². The van der Waals surface area contributed by atoms with Gasteiger partial charge in [0.25, 0.3) is 0 Å². The van der Waals surface area contributed by atoms with Crippen molar-refractivity contribution in [2.75, 3.05) is 7.05 Å². The first kappa shape index (κ1) is 20.9. The Hall–Kier alpha value is -2.43. The third kappa shape index (κ3) is 5.28. The molecule has 0 unspecified atom stereocenters. The first-order valence-electron chi connectivity index (χ1n) is 8.37. The van der Waals surface area contributed by atoms with E-state index in [1.165, 1.54) is 5.56 Å². The third-order valence-corrected chi connectivity index (χ3v) is 4.11. The fourth-order valence-corrected chi connectivity index (χ4v) is 2.38. The second kappa shape index (κ2) is 9.49. The lowest BCUT2D eigenvalue weighted by Crippen LogP contribution is -2.37. The molecule has 0 aliphatic heterocycles. The monoisotopic (exact) mass is 481 g/mol. The zero-order valence-corrected chi connectivity index (χ0v) is 18.2. The van der Waals surface area contributed by atoms with Crippen LogP contribution < -0.4 is 10.6 Å². The highest BCUT2D eigenvalue weighted by Crippen LogP contribution is 2.18. The van der Waals surface area contributed by atoms with Crippen LogP contribution in [-0.4, -0.2) is 32.8 Å². The summed E-state index contributed by atoms with van der Waals surface area (Å²) >= 11 is 0. The van der Waals surface area contributed by atoms with E-state index < -0.39 is 0 Å². The van der Waals surface area contributed by atoms with Crippen molar-refractivity contribution >= 4 is 29.9 Å². The fraction of sp³-hybridized carbons (Fsp3) is 0.333. The number of halogens is 1. The Morgan fingerprint density at radius 3 is 2.44 bits per heavy atom. The summed E-state index contributed by atoms with van der Waals surface area (Å²) in [5, 5.41) is 14.6. The van der Waals surface area contributed by atoms with Crippen molar-refractivity contribution in [3.05, 3.63) is 53.4 Å². The van der Waals surface area contributed by atoms with Gasteiger partial charge in [0.05, 0.1) is 18.8 Å². The van der Waals surface area contributed by atoms with Crippen molar-refractivity contribution < 1.29 is 4.42 Å². The molecule has 27 heavy (non-hydrogen) atoms. The fourth-order valence-electron chi connectivity index (χ4n) is 2.38. The van der Waals surface area contributed by atoms with Crippen molar-refractivity contribution in [2.45, 2.75) is 26.9 Å². The van der Waals surface area contributed by atoms with Crippen LogP contribution in [0.25, 0.3) is 11.5 Å². The van der Waals surface area contributed by atoms with E-state index in [9.17, 15) is 0 Å². The van der Waals surface area contributed by atoms with Gasteiger partial charge in [0.15, 0.2) is 11.8 Å². The first-order chi connectivity index (χ1) is 12.6. The largest absolute Gasteiger partial charge is 0.444 e. The second-order valence-corrected chi connectivity index (χ2v) is 6.01. The lowest BCUT2D eigenvalue weighted by atomic mass is 10.1. The smallest absolute Gasteiger partial charge is 0.226 e. The zero-order chi connectivity index (χ0) is 18.5. The standard InChI is InChI=1S/C18H23N7O.HI/c1-12-5-7-14(8-6-12)17-22-15(11-26-17)9-20-18(19-3)21-10-16-24-23-13(2)25(16)4;/h5-8,11H,9-10H2,1-4H3,(H2,19,20,21);1H. The number of benzene rings is 1. The minimum Gasteiger partial charge on any atom is -0.444 e. The molecule has 8 nitrogen and oxygen atoms in total. The summed E-state index contributed by atoms with van der Waals surface area (Å²) in [6.07, 6.45) is 1.65. The molecule has 0 spiro atoms. The quantitative estimate of drug-likeness (QED) is 0.331. The average molecular weight is 481 g/mol. The maximum atomic E-state index is 5.57. The molecule has 2 aromatic heterocycles. The minimum absolute atomic E-state index is 0. The SMILES string of the molecule is CN=C(NCc1coc(-c2ccc(C)cc2)n1)NCc1nnc(C)n1C.I. The van der Waals surface area contributed by atoms with Gasteiger partial charge in [0.2, 0.25) is 5.89 Å². The number of aliphatic imine (C=N–C) groups is 1. The summed E-state index contributed by atoms with van der Waals surface area (Å²) in [5.74, 6) is 2.98. The molecule has 3 aromatic rings. The number of oxazole rings is 1. The summed E-state index contributed by atoms with van der Waals surface area (Å²) < 4.78 is 7.51. The number of nitrogens with zero attached hydrogens (tertiary/aromatic N) is 5. The van der Waals surface area contributed by atoms with Gasteiger partial charge in [-0.1, -0.05) is 17.7 Å².